The lowest BCUT2D eigenvalue weighted by molar-refractivity contribution is -0.555. The molecule has 0 saturated carbocycles. The number of quaternary nitrogens is 1. The molecule has 1 aliphatic heterocycles. The molecule has 0 aliphatic carbocycles. The summed E-state index contributed by atoms with van der Waals surface area (Å²) in [6.45, 7) is 2.59. The van der Waals surface area contributed by atoms with E-state index in [-0.39, 0.29) is 5.17 Å². The van der Waals surface area contributed by atoms with Crippen molar-refractivity contribution in [3.63, 3.8) is 0 Å². The summed E-state index contributed by atoms with van der Waals surface area (Å²) >= 11 is 1.11. The molecule has 0 spiro atoms. The number of nitrogens with zero attached hydrogens (tertiary/aromatic N) is 4. The smallest absolute Gasteiger partial charge is 0.168 e. The van der Waals surface area contributed by atoms with Gasteiger partial charge in [-0.2, -0.15) is 0 Å². The molecule has 0 radical (unpaired) electrons. The summed E-state index contributed by atoms with van der Waals surface area (Å²) < 4.78 is 5.30. The first kappa shape index (κ1) is 19.9. The number of hydrogen-bond acceptors (Lipinski definition) is 7. The number of fused-ring (bicyclic) bond motifs is 1. The average Bonchev–Trinajstić information content (AvgIpc) is 2.72. The third-order valence-electron chi connectivity index (χ3n) is 4.08. The van der Waals surface area contributed by atoms with E-state index in [0.717, 1.165) is 28.4 Å². The number of amidine groups is 2. The van der Waals surface area contributed by atoms with Gasteiger partial charge in [0.25, 0.3) is 0 Å². The fourth-order valence-corrected chi connectivity index (χ4v) is 3.34. The topological polar surface area (TPSA) is 141 Å². The van der Waals surface area contributed by atoms with E-state index in [4.69, 9.17) is 21.3 Å². The van der Waals surface area contributed by atoms with Crippen LogP contribution in [0.15, 0.2) is 35.6 Å². The Bertz CT molecular complexity index is 936. The minimum absolute atomic E-state index is 0.258. The number of thioether (sulfide) groups is 1. The van der Waals surface area contributed by atoms with Crippen molar-refractivity contribution >= 4 is 50.7 Å². The quantitative estimate of drug-likeness (QED) is 0.442. The number of nitrogens with one attached hydrogen (secondary N) is 2. The van der Waals surface area contributed by atoms with Gasteiger partial charge in [-0.15, -0.1) is 0 Å². The van der Waals surface area contributed by atoms with Crippen LogP contribution in [0.5, 0.6) is 0 Å². The van der Waals surface area contributed by atoms with E-state index in [1.165, 1.54) is 6.21 Å². The van der Waals surface area contributed by atoms with Crippen LogP contribution in [0.4, 0.5) is 5.82 Å². The molecule has 9 nitrogen and oxygen atoms in total. The number of morpholine rings is 1. The van der Waals surface area contributed by atoms with Crippen LogP contribution in [0.1, 0.15) is 5.56 Å². The Morgan fingerprint density at radius 3 is 2.86 bits per heavy atom. The van der Waals surface area contributed by atoms with E-state index in [1.54, 1.807) is 12.3 Å². The first-order valence-electron chi connectivity index (χ1n) is 8.81. The highest BCUT2D eigenvalue weighted by Crippen LogP contribution is 2.20. The summed E-state index contributed by atoms with van der Waals surface area (Å²) in [5.41, 5.74) is 8.98. The summed E-state index contributed by atoms with van der Waals surface area (Å²) in [5.74, 6) is 0.452. The number of ether oxygens (including phenoxy) is 1. The second-order valence-corrected chi connectivity index (χ2v) is 7.00. The summed E-state index contributed by atoms with van der Waals surface area (Å²) in [7, 11) is 1.90. The second-order valence-electron chi connectivity index (χ2n) is 5.99. The third-order valence-corrected chi connectivity index (χ3v) is 4.83. The number of nitrogens with two attached hydrogens (primary N) is 2. The lowest BCUT2D eigenvalue weighted by Gasteiger charge is -2.28. The zero-order valence-electron chi connectivity index (χ0n) is 15.6. The van der Waals surface area contributed by atoms with Gasteiger partial charge in [0.2, 0.25) is 0 Å². The van der Waals surface area contributed by atoms with Crippen molar-refractivity contribution in [3.8, 4) is 0 Å². The standard InChI is InChI=1S/C18H22N8OS/c1-22-10-13(9-19)12-8-15-14(23-11-12)2-3-16(24-15)25-17(20)28-18(21)26-4-6-27-7-5-26/h2-3,8-11,19,21-22H,4-7H2,1H3,(H2,20,24,25)/p+1/b13-10+,19-9?,21-18?. The summed E-state index contributed by atoms with van der Waals surface area (Å²) in [5, 5.41) is 18.2. The molecule has 0 unspecified atom stereocenters. The summed E-state index contributed by atoms with van der Waals surface area (Å²) in [6, 6.07) is 5.45. The van der Waals surface area contributed by atoms with Gasteiger partial charge in [-0.1, -0.05) is 0 Å². The highest BCUT2D eigenvalue weighted by atomic mass is 32.2. The molecule has 1 saturated heterocycles. The van der Waals surface area contributed by atoms with Gasteiger partial charge >= 0.3 is 0 Å². The lowest BCUT2D eigenvalue weighted by Crippen LogP contribution is -2.72. The first-order chi connectivity index (χ1) is 13.6. The number of allylic oxidation sites excluding steroid dienone is 1. The number of rotatable bonds is 4. The molecule has 2 aromatic heterocycles. The molecular weight excluding hydrogens is 376 g/mol. The molecule has 6 N–H and O–H groups in total. The minimum Gasteiger partial charge on any atom is -0.378 e. The van der Waals surface area contributed by atoms with Crippen LogP contribution in [-0.4, -0.2) is 64.8 Å². The highest BCUT2D eigenvalue weighted by molar-refractivity contribution is 8.26. The molecular formula is C18H23N8OS+. The maximum absolute atomic E-state index is 8.16. The van der Waals surface area contributed by atoms with E-state index < -0.39 is 0 Å². The molecule has 3 rings (SSSR count). The Morgan fingerprint density at radius 2 is 2.14 bits per heavy atom. The lowest BCUT2D eigenvalue weighted by atomic mass is 10.1. The van der Waals surface area contributed by atoms with Crippen LogP contribution in [0.25, 0.3) is 16.6 Å². The van der Waals surface area contributed by atoms with Gasteiger partial charge in [-0.05, 0) is 30.0 Å². The molecule has 0 aromatic carbocycles. The largest absolute Gasteiger partial charge is 0.378 e. The van der Waals surface area contributed by atoms with E-state index in [1.807, 2.05) is 35.6 Å². The summed E-state index contributed by atoms with van der Waals surface area (Å²) in [6.07, 6.45) is 4.86. The average molecular weight is 400 g/mol. The Kier molecular flexibility index (Phi) is 6.69. The first-order valence-corrected chi connectivity index (χ1v) is 9.63. The van der Waals surface area contributed by atoms with Crippen molar-refractivity contribution in [1.82, 2.24) is 14.9 Å². The van der Waals surface area contributed by atoms with Crippen molar-refractivity contribution in [2.24, 2.45) is 10.7 Å². The Labute approximate surface area is 167 Å². The number of hydrogen-bond donors (Lipinski definition) is 4. The van der Waals surface area contributed by atoms with Gasteiger partial charge in [-0.25, -0.2) is 9.98 Å². The van der Waals surface area contributed by atoms with Crippen LogP contribution in [0, 0.1) is 10.8 Å². The predicted octanol–water partition coefficient (Wildman–Crippen LogP) is 0.760. The normalized spacial score (nSPS) is 15.7. The number of pyridine rings is 2. The van der Waals surface area contributed by atoms with Crippen LogP contribution < -0.4 is 11.1 Å². The zero-order valence-corrected chi connectivity index (χ0v) is 16.4. The van der Waals surface area contributed by atoms with Gasteiger partial charge < -0.3 is 26.1 Å². The molecule has 146 valence electrons. The van der Waals surface area contributed by atoms with Crippen LogP contribution in [-0.2, 0) is 4.74 Å². The molecule has 0 atom stereocenters. The third kappa shape index (κ3) is 4.91. The Morgan fingerprint density at radius 1 is 1.36 bits per heavy atom. The molecule has 3 heterocycles. The van der Waals surface area contributed by atoms with Gasteiger partial charge in [-0.3, -0.25) is 10.4 Å². The Hall–Kier alpha value is -2.82. The summed E-state index contributed by atoms with van der Waals surface area (Å²) in [4.78, 5) is 15.2. The van der Waals surface area contributed by atoms with Gasteiger partial charge in [0.05, 0.1) is 36.9 Å². The number of aromatic nitrogens is 2. The molecule has 10 heteroatoms. The molecule has 2 aromatic rings. The van der Waals surface area contributed by atoms with Crippen molar-refractivity contribution in [3.05, 3.63) is 36.2 Å². The van der Waals surface area contributed by atoms with Crippen LogP contribution in [0.3, 0.4) is 0 Å². The van der Waals surface area contributed by atoms with Gasteiger partial charge in [0.1, 0.15) is 6.20 Å². The molecule has 1 aliphatic rings. The van der Waals surface area contributed by atoms with Crippen molar-refractivity contribution in [2.75, 3.05) is 33.4 Å². The van der Waals surface area contributed by atoms with E-state index in [2.05, 4.69) is 15.0 Å². The molecule has 28 heavy (non-hydrogen) atoms. The zero-order chi connectivity index (χ0) is 19.9. The maximum Gasteiger partial charge on any atom is 0.168 e. The van der Waals surface area contributed by atoms with Gasteiger partial charge in [0, 0.05) is 31.1 Å². The molecule has 0 bridgehead atoms. The highest BCUT2D eigenvalue weighted by Gasteiger charge is 2.15. The predicted molar refractivity (Wildman–Crippen MR) is 113 cm³/mol. The van der Waals surface area contributed by atoms with Crippen LogP contribution in [0.2, 0.25) is 0 Å². The maximum atomic E-state index is 8.16. The SMILES string of the molecule is C[NH2+]/C=C(\C=N)c1cnc2ccc(N=C(N)SC(=N)N3CCOCC3)nc2c1. The van der Waals surface area contributed by atoms with Crippen molar-refractivity contribution in [2.45, 2.75) is 0 Å². The van der Waals surface area contributed by atoms with Gasteiger partial charge in [0.15, 0.2) is 16.2 Å². The molecule has 1 fully saturated rings. The van der Waals surface area contributed by atoms with Crippen molar-refractivity contribution < 1.29 is 10.1 Å². The minimum atomic E-state index is 0.258. The van der Waals surface area contributed by atoms with Crippen molar-refractivity contribution in [1.29, 1.82) is 10.8 Å². The number of aliphatic imine (C=N–C) groups is 1. The van der Waals surface area contributed by atoms with E-state index >= 15 is 0 Å². The fourth-order valence-electron chi connectivity index (χ4n) is 2.69. The van der Waals surface area contributed by atoms with Crippen LogP contribution >= 0.6 is 11.8 Å². The monoisotopic (exact) mass is 399 g/mol. The fraction of sp³-hybridized carbons (Fsp3) is 0.278. The second kappa shape index (κ2) is 9.40. The Balaban J connectivity index is 1.80. The van der Waals surface area contributed by atoms with E-state index in [9.17, 15) is 0 Å². The van der Waals surface area contributed by atoms with E-state index in [0.29, 0.717) is 42.8 Å². The molecule has 0 amide bonds.